The fourth-order valence-electron chi connectivity index (χ4n) is 3.02. The molecule has 1 amide bonds. The molecule has 1 saturated heterocycles. The second kappa shape index (κ2) is 11.3. The highest BCUT2D eigenvalue weighted by Gasteiger charge is 2.22. The summed E-state index contributed by atoms with van der Waals surface area (Å²) in [5, 5.41) is 6.01. The Kier molecular flexibility index (Phi) is 9.81. The van der Waals surface area contributed by atoms with Crippen LogP contribution in [-0.2, 0) is 6.54 Å². The van der Waals surface area contributed by atoms with Gasteiger partial charge in [0.1, 0.15) is 0 Å². The van der Waals surface area contributed by atoms with Crippen LogP contribution < -0.4 is 16.4 Å². The quantitative estimate of drug-likeness (QED) is 0.331. The minimum atomic E-state index is -0.0502. The van der Waals surface area contributed by atoms with Gasteiger partial charge in [-0.2, -0.15) is 0 Å². The van der Waals surface area contributed by atoms with Gasteiger partial charge in [-0.15, -0.1) is 24.0 Å². The van der Waals surface area contributed by atoms with Crippen LogP contribution in [0.4, 0.5) is 0 Å². The fraction of sp³-hybridized carbons (Fsp3) is 0.556. The number of nitrogens with zero attached hydrogens (tertiary/aromatic N) is 2. The second-order valence-electron chi connectivity index (χ2n) is 6.06. The van der Waals surface area contributed by atoms with Crippen LogP contribution in [0, 0.1) is 0 Å². The molecule has 1 aromatic carbocycles. The smallest absolute Gasteiger partial charge is 0.251 e. The maximum atomic E-state index is 11.7. The molecule has 4 N–H and O–H groups in total. The number of halogens is 1. The number of amides is 1. The van der Waals surface area contributed by atoms with Crippen LogP contribution in [-0.4, -0.2) is 49.0 Å². The first kappa shape index (κ1) is 21.7. The molecule has 1 fully saturated rings. The SMILES string of the molecule is CCNC(=O)c1ccc(CN=C(N)NCC2CCCN2CC)cc1.I. The molecule has 2 rings (SSSR count). The molecular formula is C18H30IN5O. The normalized spacial score (nSPS) is 17.8. The summed E-state index contributed by atoms with van der Waals surface area (Å²) in [7, 11) is 0. The molecule has 1 heterocycles. The number of carbonyl (C=O) groups excluding carboxylic acids is 1. The van der Waals surface area contributed by atoms with Gasteiger partial charge in [-0.25, -0.2) is 4.99 Å². The highest BCUT2D eigenvalue weighted by Crippen LogP contribution is 2.15. The topological polar surface area (TPSA) is 82.8 Å². The largest absolute Gasteiger partial charge is 0.370 e. The lowest BCUT2D eigenvalue weighted by molar-refractivity contribution is 0.0956. The van der Waals surface area contributed by atoms with Crippen molar-refractivity contribution in [2.24, 2.45) is 10.7 Å². The van der Waals surface area contributed by atoms with E-state index in [0.717, 1.165) is 18.7 Å². The van der Waals surface area contributed by atoms with Gasteiger partial charge in [-0.05, 0) is 50.6 Å². The van der Waals surface area contributed by atoms with Gasteiger partial charge in [0.25, 0.3) is 5.91 Å². The number of rotatable bonds is 7. The molecule has 0 aliphatic carbocycles. The minimum absolute atomic E-state index is 0. The summed E-state index contributed by atoms with van der Waals surface area (Å²) in [5.74, 6) is 0.427. The molecule has 1 aliphatic heterocycles. The van der Waals surface area contributed by atoms with E-state index in [2.05, 4.69) is 27.4 Å². The number of aliphatic imine (C=N–C) groups is 1. The molecule has 1 atom stereocenters. The molecule has 7 heteroatoms. The van der Waals surface area contributed by atoms with Gasteiger partial charge in [-0.1, -0.05) is 19.1 Å². The number of hydrogen-bond acceptors (Lipinski definition) is 3. The van der Waals surface area contributed by atoms with Gasteiger partial charge in [0, 0.05) is 24.7 Å². The molecule has 1 aliphatic rings. The summed E-state index contributed by atoms with van der Waals surface area (Å²) in [6.45, 7) is 8.35. The van der Waals surface area contributed by atoms with Gasteiger partial charge in [0.05, 0.1) is 6.54 Å². The Hall–Kier alpha value is -1.35. The molecule has 0 saturated carbocycles. The zero-order valence-electron chi connectivity index (χ0n) is 15.1. The lowest BCUT2D eigenvalue weighted by Crippen LogP contribution is -2.42. The first-order valence-electron chi connectivity index (χ1n) is 8.79. The first-order valence-corrected chi connectivity index (χ1v) is 8.79. The Morgan fingerprint density at radius 1 is 1.28 bits per heavy atom. The number of nitrogens with one attached hydrogen (secondary N) is 2. The van der Waals surface area contributed by atoms with Gasteiger partial charge in [-0.3, -0.25) is 9.69 Å². The monoisotopic (exact) mass is 459 g/mol. The Balaban J connectivity index is 0.00000312. The van der Waals surface area contributed by atoms with Crippen LogP contribution in [0.5, 0.6) is 0 Å². The molecule has 0 aromatic heterocycles. The average molecular weight is 459 g/mol. The van der Waals surface area contributed by atoms with E-state index in [1.807, 2.05) is 31.2 Å². The van der Waals surface area contributed by atoms with Gasteiger partial charge < -0.3 is 16.4 Å². The molecule has 1 unspecified atom stereocenters. The number of likely N-dealkylation sites (tertiary alicyclic amines) is 1. The molecular weight excluding hydrogens is 429 g/mol. The van der Waals surface area contributed by atoms with Crippen LogP contribution in [0.2, 0.25) is 0 Å². The lowest BCUT2D eigenvalue weighted by atomic mass is 10.1. The predicted molar refractivity (Wildman–Crippen MR) is 113 cm³/mol. The number of benzene rings is 1. The number of likely N-dealkylation sites (N-methyl/N-ethyl adjacent to an activating group) is 1. The van der Waals surface area contributed by atoms with E-state index in [1.54, 1.807) is 0 Å². The average Bonchev–Trinajstić information content (AvgIpc) is 3.06. The molecule has 25 heavy (non-hydrogen) atoms. The van der Waals surface area contributed by atoms with E-state index in [-0.39, 0.29) is 29.9 Å². The summed E-state index contributed by atoms with van der Waals surface area (Å²) in [6.07, 6.45) is 2.48. The summed E-state index contributed by atoms with van der Waals surface area (Å²) < 4.78 is 0. The molecule has 6 nitrogen and oxygen atoms in total. The maximum Gasteiger partial charge on any atom is 0.251 e. The predicted octanol–water partition coefficient (Wildman–Crippen LogP) is 1.94. The lowest BCUT2D eigenvalue weighted by Gasteiger charge is -2.23. The Bertz CT molecular complexity index is 561. The van der Waals surface area contributed by atoms with Crippen molar-refractivity contribution in [3.8, 4) is 0 Å². The molecule has 1 aromatic rings. The number of guanidine groups is 1. The summed E-state index contributed by atoms with van der Waals surface area (Å²) in [6, 6.07) is 8.02. The van der Waals surface area contributed by atoms with E-state index in [1.165, 1.54) is 19.4 Å². The standard InChI is InChI=1S/C18H29N5O.HI/c1-3-20-17(24)15-9-7-14(8-10-15)12-21-18(19)22-13-16-6-5-11-23(16)4-2;/h7-10,16H,3-6,11-13H2,1-2H3,(H,20,24)(H3,19,21,22);1H. The zero-order valence-corrected chi connectivity index (χ0v) is 17.5. The number of carbonyl (C=O) groups is 1. The van der Waals surface area contributed by atoms with Gasteiger partial charge >= 0.3 is 0 Å². The van der Waals surface area contributed by atoms with Crippen molar-refractivity contribution in [1.29, 1.82) is 0 Å². The van der Waals surface area contributed by atoms with E-state index < -0.39 is 0 Å². The van der Waals surface area contributed by atoms with E-state index >= 15 is 0 Å². The van der Waals surface area contributed by atoms with Crippen LogP contribution in [0.1, 0.15) is 42.6 Å². The highest BCUT2D eigenvalue weighted by atomic mass is 127. The first-order chi connectivity index (χ1) is 11.6. The van der Waals surface area contributed by atoms with Crippen LogP contribution in [0.3, 0.4) is 0 Å². The van der Waals surface area contributed by atoms with Crippen molar-refractivity contribution < 1.29 is 4.79 Å². The fourth-order valence-corrected chi connectivity index (χ4v) is 3.02. The van der Waals surface area contributed by atoms with Crippen LogP contribution in [0.25, 0.3) is 0 Å². The highest BCUT2D eigenvalue weighted by molar-refractivity contribution is 14.0. The summed E-state index contributed by atoms with van der Waals surface area (Å²) >= 11 is 0. The Morgan fingerprint density at radius 2 is 2.00 bits per heavy atom. The summed E-state index contributed by atoms with van der Waals surface area (Å²) in [4.78, 5) is 18.6. The molecule has 0 bridgehead atoms. The zero-order chi connectivity index (χ0) is 17.4. The van der Waals surface area contributed by atoms with Crippen LogP contribution >= 0.6 is 24.0 Å². The summed E-state index contributed by atoms with van der Waals surface area (Å²) in [5.41, 5.74) is 7.66. The third-order valence-corrected chi connectivity index (χ3v) is 4.41. The van der Waals surface area contributed by atoms with E-state index in [4.69, 9.17) is 5.73 Å². The minimum Gasteiger partial charge on any atom is -0.370 e. The van der Waals surface area contributed by atoms with Gasteiger partial charge in [0.2, 0.25) is 0 Å². The van der Waals surface area contributed by atoms with E-state index in [0.29, 0.717) is 30.7 Å². The number of hydrogen-bond donors (Lipinski definition) is 3. The van der Waals surface area contributed by atoms with E-state index in [9.17, 15) is 4.79 Å². The van der Waals surface area contributed by atoms with Crippen molar-refractivity contribution in [2.45, 2.75) is 39.3 Å². The van der Waals surface area contributed by atoms with Crippen molar-refractivity contribution >= 4 is 35.8 Å². The van der Waals surface area contributed by atoms with Crippen molar-refractivity contribution in [3.63, 3.8) is 0 Å². The van der Waals surface area contributed by atoms with Crippen LogP contribution in [0.15, 0.2) is 29.3 Å². The van der Waals surface area contributed by atoms with Crippen molar-refractivity contribution in [1.82, 2.24) is 15.5 Å². The third kappa shape index (κ3) is 6.81. The Morgan fingerprint density at radius 3 is 2.64 bits per heavy atom. The van der Waals surface area contributed by atoms with Crippen molar-refractivity contribution in [3.05, 3.63) is 35.4 Å². The maximum absolute atomic E-state index is 11.7. The molecule has 0 radical (unpaired) electrons. The molecule has 0 spiro atoms. The Labute approximate surface area is 167 Å². The number of nitrogens with two attached hydrogens (primary N) is 1. The third-order valence-electron chi connectivity index (χ3n) is 4.41. The van der Waals surface area contributed by atoms with Gasteiger partial charge in [0.15, 0.2) is 5.96 Å². The van der Waals surface area contributed by atoms with Crippen molar-refractivity contribution in [2.75, 3.05) is 26.2 Å². The second-order valence-corrected chi connectivity index (χ2v) is 6.06. The molecule has 140 valence electrons.